The molecule has 1 atom stereocenters. The van der Waals surface area contributed by atoms with Crippen molar-refractivity contribution in [2.24, 2.45) is 0 Å². The molecule has 0 aromatic heterocycles. The number of halogens is 3. The third kappa shape index (κ3) is 3.73. The van der Waals surface area contributed by atoms with E-state index in [2.05, 4.69) is 0 Å². The van der Waals surface area contributed by atoms with Crippen LogP contribution in [0, 0.1) is 0 Å². The van der Waals surface area contributed by atoms with Gasteiger partial charge in [-0.15, -0.1) is 0 Å². The van der Waals surface area contributed by atoms with Gasteiger partial charge in [0.15, 0.2) is 0 Å². The molecule has 0 amide bonds. The maximum absolute atomic E-state index is 12.8. The van der Waals surface area contributed by atoms with Crippen LogP contribution < -0.4 is 4.74 Å². The molecule has 1 aromatic carbocycles. The van der Waals surface area contributed by atoms with Gasteiger partial charge < -0.3 is 9.47 Å². The molecule has 0 saturated heterocycles. The summed E-state index contributed by atoms with van der Waals surface area (Å²) in [5, 5.41) is 0. The second-order valence-corrected chi connectivity index (χ2v) is 3.76. The molecule has 0 aliphatic heterocycles. The van der Waals surface area contributed by atoms with E-state index in [4.69, 9.17) is 9.47 Å². The first-order chi connectivity index (χ1) is 8.38. The Hall–Kier alpha value is -1.56. The maximum Gasteiger partial charge on any atom is 0.419 e. The van der Waals surface area contributed by atoms with Gasteiger partial charge in [0.2, 0.25) is 0 Å². The lowest BCUT2D eigenvalue weighted by Gasteiger charge is -2.18. The molecule has 0 aliphatic rings. The third-order valence-corrected chi connectivity index (χ3v) is 2.17. The van der Waals surface area contributed by atoms with Crippen LogP contribution in [0.4, 0.5) is 13.2 Å². The number of rotatable bonds is 5. The second kappa shape index (κ2) is 5.86. The molecule has 100 valence electrons. The second-order valence-electron chi connectivity index (χ2n) is 3.76. The first-order valence-corrected chi connectivity index (χ1v) is 5.20. The SMILES string of the molecule is COCC(C)Oc1ccc(C=O)cc1C(F)(F)F. The topological polar surface area (TPSA) is 35.5 Å². The predicted molar refractivity (Wildman–Crippen MR) is 58.8 cm³/mol. The van der Waals surface area contributed by atoms with E-state index in [-0.39, 0.29) is 17.9 Å². The van der Waals surface area contributed by atoms with Crippen LogP contribution in [0.25, 0.3) is 0 Å². The summed E-state index contributed by atoms with van der Waals surface area (Å²) in [5.74, 6) is -0.308. The molecule has 0 aliphatic carbocycles. The van der Waals surface area contributed by atoms with Crippen molar-refractivity contribution in [2.45, 2.75) is 19.2 Å². The van der Waals surface area contributed by atoms with Gasteiger partial charge in [-0.25, -0.2) is 0 Å². The molecule has 6 heteroatoms. The number of benzene rings is 1. The highest BCUT2D eigenvalue weighted by Gasteiger charge is 2.35. The Morgan fingerprint density at radius 1 is 1.39 bits per heavy atom. The molecule has 0 fully saturated rings. The zero-order valence-electron chi connectivity index (χ0n) is 9.95. The highest BCUT2D eigenvalue weighted by atomic mass is 19.4. The summed E-state index contributed by atoms with van der Waals surface area (Å²) in [7, 11) is 1.43. The molecule has 18 heavy (non-hydrogen) atoms. The monoisotopic (exact) mass is 262 g/mol. The first-order valence-electron chi connectivity index (χ1n) is 5.20. The summed E-state index contributed by atoms with van der Waals surface area (Å²) < 4.78 is 48.3. The van der Waals surface area contributed by atoms with Gasteiger partial charge >= 0.3 is 6.18 Å². The maximum atomic E-state index is 12.8. The predicted octanol–water partition coefficient (Wildman–Crippen LogP) is 2.93. The molecule has 0 saturated carbocycles. The van der Waals surface area contributed by atoms with Gasteiger partial charge in [0.05, 0.1) is 12.2 Å². The van der Waals surface area contributed by atoms with Crippen LogP contribution >= 0.6 is 0 Å². The summed E-state index contributed by atoms with van der Waals surface area (Å²) in [6.07, 6.45) is -4.73. The van der Waals surface area contributed by atoms with Gasteiger partial charge in [0.1, 0.15) is 18.1 Å². The lowest BCUT2D eigenvalue weighted by atomic mass is 10.1. The number of ether oxygens (including phenoxy) is 2. The minimum absolute atomic E-state index is 0.0472. The van der Waals surface area contributed by atoms with Crippen LogP contribution in [0.2, 0.25) is 0 Å². The first kappa shape index (κ1) is 14.5. The summed E-state index contributed by atoms with van der Waals surface area (Å²) in [5.41, 5.74) is -1.01. The minimum Gasteiger partial charge on any atom is -0.488 e. The Labute approximate surface area is 103 Å². The highest BCUT2D eigenvalue weighted by molar-refractivity contribution is 5.75. The van der Waals surface area contributed by atoms with Gasteiger partial charge in [-0.2, -0.15) is 13.2 Å². The smallest absolute Gasteiger partial charge is 0.419 e. The zero-order valence-corrected chi connectivity index (χ0v) is 9.95. The van der Waals surface area contributed by atoms with E-state index in [1.807, 2.05) is 0 Å². The average molecular weight is 262 g/mol. The van der Waals surface area contributed by atoms with Crippen molar-refractivity contribution in [2.75, 3.05) is 13.7 Å². The third-order valence-electron chi connectivity index (χ3n) is 2.17. The van der Waals surface area contributed by atoms with E-state index in [9.17, 15) is 18.0 Å². The molecule has 1 rings (SSSR count). The molecule has 0 heterocycles. The molecule has 1 aromatic rings. The molecule has 0 spiro atoms. The van der Waals surface area contributed by atoms with Crippen molar-refractivity contribution in [1.82, 2.24) is 0 Å². The van der Waals surface area contributed by atoms with Gasteiger partial charge in [0.25, 0.3) is 0 Å². The average Bonchev–Trinajstić information content (AvgIpc) is 2.28. The highest BCUT2D eigenvalue weighted by Crippen LogP contribution is 2.37. The standard InChI is InChI=1S/C12H13F3O3/c1-8(7-17-2)18-11-4-3-9(6-16)5-10(11)12(13,14)15/h3-6,8H,7H2,1-2H3. The molecule has 0 N–H and O–H groups in total. The normalized spacial score (nSPS) is 13.2. The van der Waals surface area contributed by atoms with E-state index in [0.29, 0.717) is 6.29 Å². The van der Waals surface area contributed by atoms with Crippen LogP contribution in [0.1, 0.15) is 22.8 Å². The number of methoxy groups -OCH3 is 1. The fraction of sp³-hybridized carbons (Fsp3) is 0.417. The summed E-state index contributed by atoms with van der Waals surface area (Å²) >= 11 is 0. The number of hydrogen-bond donors (Lipinski definition) is 0. The van der Waals surface area contributed by atoms with Gasteiger partial charge in [-0.05, 0) is 25.1 Å². The Bertz CT molecular complexity index is 416. The zero-order chi connectivity index (χ0) is 13.8. The van der Waals surface area contributed by atoms with E-state index in [1.165, 1.54) is 13.2 Å². The van der Waals surface area contributed by atoms with E-state index < -0.39 is 17.8 Å². The van der Waals surface area contributed by atoms with Crippen molar-refractivity contribution in [3.8, 4) is 5.75 Å². The fourth-order valence-corrected chi connectivity index (χ4v) is 1.43. The van der Waals surface area contributed by atoms with E-state index >= 15 is 0 Å². The molecule has 0 bridgehead atoms. The number of hydrogen-bond acceptors (Lipinski definition) is 3. The van der Waals surface area contributed by atoms with Crippen molar-refractivity contribution < 1.29 is 27.4 Å². The summed E-state index contributed by atoms with van der Waals surface area (Å²) in [6.45, 7) is 1.77. The van der Waals surface area contributed by atoms with Crippen molar-refractivity contribution in [3.05, 3.63) is 29.3 Å². The van der Waals surface area contributed by atoms with E-state index in [0.717, 1.165) is 12.1 Å². The Morgan fingerprint density at radius 2 is 2.06 bits per heavy atom. The Morgan fingerprint density at radius 3 is 2.56 bits per heavy atom. The minimum atomic E-state index is -4.57. The Kier molecular flexibility index (Phi) is 4.72. The molecule has 3 nitrogen and oxygen atoms in total. The number of carbonyl (C=O) groups excluding carboxylic acids is 1. The molecule has 0 radical (unpaired) electrons. The van der Waals surface area contributed by atoms with Crippen LogP contribution in [-0.4, -0.2) is 26.1 Å². The molecular formula is C12H13F3O3. The Balaban J connectivity index is 3.06. The van der Waals surface area contributed by atoms with Crippen molar-refractivity contribution in [3.63, 3.8) is 0 Å². The van der Waals surface area contributed by atoms with Crippen LogP contribution in [0.3, 0.4) is 0 Å². The molecule has 1 unspecified atom stereocenters. The quantitative estimate of drug-likeness (QED) is 0.765. The number of aldehydes is 1. The summed E-state index contributed by atoms with van der Waals surface area (Å²) in [6, 6.07) is 3.18. The van der Waals surface area contributed by atoms with Crippen LogP contribution in [-0.2, 0) is 10.9 Å². The van der Waals surface area contributed by atoms with Gasteiger partial charge in [0, 0.05) is 12.7 Å². The fourth-order valence-electron chi connectivity index (χ4n) is 1.43. The number of carbonyl (C=O) groups is 1. The van der Waals surface area contributed by atoms with Gasteiger partial charge in [-0.1, -0.05) is 0 Å². The molecular weight excluding hydrogens is 249 g/mol. The summed E-state index contributed by atoms with van der Waals surface area (Å²) in [4.78, 5) is 10.5. The number of alkyl halides is 3. The van der Waals surface area contributed by atoms with Gasteiger partial charge in [-0.3, -0.25) is 4.79 Å². The lowest BCUT2D eigenvalue weighted by Crippen LogP contribution is -2.20. The van der Waals surface area contributed by atoms with Crippen molar-refractivity contribution >= 4 is 6.29 Å². The lowest BCUT2D eigenvalue weighted by molar-refractivity contribution is -0.139. The largest absolute Gasteiger partial charge is 0.488 e. The van der Waals surface area contributed by atoms with Crippen LogP contribution in [0.5, 0.6) is 5.75 Å². The van der Waals surface area contributed by atoms with Crippen molar-refractivity contribution in [1.29, 1.82) is 0 Å². The van der Waals surface area contributed by atoms with Crippen LogP contribution in [0.15, 0.2) is 18.2 Å². The van der Waals surface area contributed by atoms with E-state index in [1.54, 1.807) is 6.92 Å².